The molecule has 0 aromatic carbocycles. The van der Waals surface area contributed by atoms with E-state index in [4.69, 9.17) is 0 Å². The van der Waals surface area contributed by atoms with Gasteiger partial charge in [0.2, 0.25) is 0 Å². The van der Waals surface area contributed by atoms with Crippen LogP contribution in [0.3, 0.4) is 0 Å². The molecule has 0 radical (unpaired) electrons. The van der Waals surface area contributed by atoms with Crippen molar-refractivity contribution < 1.29 is 0 Å². The van der Waals surface area contributed by atoms with Crippen LogP contribution in [-0.2, 0) is 6.42 Å². The molecular formula is C11H13NS. The molecule has 0 saturated heterocycles. The Hall–Kier alpha value is -1.02. The van der Waals surface area contributed by atoms with Crippen LogP contribution in [0.5, 0.6) is 0 Å². The fourth-order valence-electron chi connectivity index (χ4n) is 0.920. The molecule has 0 unspecified atom stereocenters. The van der Waals surface area contributed by atoms with E-state index in [1.807, 2.05) is 24.4 Å². The molecule has 1 nitrogen and oxygen atoms in total. The van der Waals surface area contributed by atoms with Gasteiger partial charge < -0.3 is 0 Å². The van der Waals surface area contributed by atoms with E-state index in [0.29, 0.717) is 0 Å². The highest BCUT2D eigenvalue weighted by Gasteiger charge is 1.93. The van der Waals surface area contributed by atoms with E-state index in [9.17, 15) is 0 Å². The number of rotatable bonds is 5. The minimum Gasteiger partial charge on any atom is -0.260 e. The van der Waals surface area contributed by atoms with Crippen LogP contribution in [0.2, 0.25) is 0 Å². The van der Waals surface area contributed by atoms with Gasteiger partial charge in [0.05, 0.1) is 0 Å². The molecule has 13 heavy (non-hydrogen) atoms. The molecule has 0 fully saturated rings. The second-order valence-corrected chi connectivity index (χ2v) is 3.67. The Bertz CT molecular complexity index is 277. The highest BCUT2D eigenvalue weighted by molar-refractivity contribution is 7.99. The summed E-state index contributed by atoms with van der Waals surface area (Å²) in [6, 6.07) is 4.12. The average Bonchev–Trinajstić information content (AvgIpc) is 2.17. The van der Waals surface area contributed by atoms with Crippen molar-refractivity contribution in [2.45, 2.75) is 11.3 Å². The van der Waals surface area contributed by atoms with Gasteiger partial charge in [-0.15, -0.1) is 24.9 Å². The highest BCUT2D eigenvalue weighted by Crippen LogP contribution is 2.16. The smallest absolute Gasteiger partial charge is 0.0441 e. The van der Waals surface area contributed by atoms with E-state index < -0.39 is 0 Å². The van der Waals surface area contributed by atoms with Crippen molar-refractivity contribution in [2.24, 2.45) is 0 Å². The number of allylic oxidation sites excluding steroid dienone is 1. The molecule has 0 aliphatic heterocycles. The predicted molar refractivity (Wildman–Crippen MR) is 59.1 cm³/mol. The normalized spacial score (nSPS) is 9.54. The van der Waals surface area contributed by atoms with E-state index in [2.05, 4.69) is 24.2 Å². The quantitative estimate of drug-likeness (QED) is 0.524. The summed E-state index contributed by atoms with van der Waals surface area (Å²) in [7, 11) is 0. The van der Waals surface area contributed by atoms with Crippen LogP contribution >= 0.6 is 11.8 Å². The molecule has 2 heteroatoms. The zero-order chi connectivity index (χ0) is 9.52. The standard InChI is InChI=1S/C11H13NS/c1-3-5-10-6-7-11(9-12-10)13-8-4-2/h3-4,6-7,9H,1-2,5,8H2. The third-order valence-corrected chi connectivity index (χ3v) is 2.50. The van der Waals surface area contributed by atoms with Gasteiger partial charge in [-0.3, -0.25) is 4.98 Å². The molecule has 0 saturated carbocycles. The van der Waals surface area contributed by atoms with Gasteiger partial charge in [0.15, 0.2) is 0 Å². The number of nitrogens with zero attached hydrogens (tertiary/aromatic N) is 1. The van der Waals surface area contributed by atoms with Crippen LogP contribution < -0.4 is 0 Å². The SMILES string of the molecule is C=CCSc1ccc(CC=C)nc1. The van der Waals surface area contributed by atoms with Gasteiger partial charge >= 0.3 is 0 Å². The van der Waals surface area contributed by atoms with E-state index >= 15 is 0 Å². The molecule has 68 valence electrons. The highest BCUT2D eigenvalue weighted by atomic mass is 32.2. The van der Waals surface area contributed by atoms with E-state index in [1.54, 1.807) is 11.8 Å². The van der Waals surface area contributed by atoms with Crippen molar-refractivity contribution in [2.75, 3.05) is 5.75 Å². The van der Waals surface area contributed by atoms with Crippen LogP contribution in [0.15, 0.2) is 48.5 Å². The maximum absolute atomic E-state index is 4.29. The number of pyridine rings is 1. The summed E-state index contributed by atoms with van der Waals surface area (Å²) >= 11 is 1.74. The van der Waals surface area contributed by atoms with Crippen molar-refractivity contribution >= 4 is 11.8 Å². The van der Waals surface area contributed by atoms with Gasteiger partial charge in [-0.25, -0.2) is 0 Å². The Morgan fingerprint density at radius 1 is 1.31 bits per heavy atom. The lowest BCUT2D eigenvalue weighted by Gasteiger charge is -1.99. The first-order chi connectivity index (χ1) is 6.36. The first-order valence-corrected chi connectivity index (χ1v) is 5.15. The molecule has 0 N–H and O–H groups in total. The van der Waals surface area contributed by atoms with Gasteiger partial charge in [0.25, 0.3) is 0 Å². The van der Waals surface area contributed by atoms with Crippen molar-refractivity contribution in [3.63, 3.8) is 0 Å². The summed E-state index contributed by atoms with van der Waals surface area (Å²) in [5, 5.41) is 0. The van der Waals surface area contributed by atoms with Crippen LogP contribution in [-0.4, -0.2) is 10.7 Å². The minimum absolute atomic E-state index is 0.840. The summed E-state index contributed by atoms with van der Waals surface area (Å²) in [5.41, 5.74) is 1.07. The maximum Gasteiger partial charge on any atom is 0.0441 e. The summed E-state index contributed by atoms with van der Waals surface area (Å²) in [6.45, 7) is 7.34. The Labute approximate surface area is 83.6 Å². The van der Waals surface area contributed by atoms with Gasteiger partial charge in [0.1, 0.15) is 0 Å². The zero-order valence-corrected chi connectivity index (χ0v) is 8.39. The third-order valence-electron chi connectivity index (χ3n) is 1.52. The minimum atomic E-state index is 0.840. The monoisotopic (exact) mass is 191 g/mol. The number of thioether (sulfide) groups is 1. The lowest BCUT2D eigenvalue weighted by molar-refractivity contribution is 1.08. The molecule has 0 atom stereocenters. The van der Waals surface area contributed by atoms with E-state index in [0.717, 1.165) is 17.9 Å². The second-order valence-electron chi connectivity index (χ2n) is 2.58. The predicted octanol–water partition coefficient (Wildman–Crippen LogP) is 3.09. The molecule has 1 rings (SSSR count). The van der Waals surface area contributed by atoms with Crippen molar-refractivity contribution in [3.05, 3.63) is 49.3 Å². The summed E-state index contributed by atoms with van der Waals surface area (Å²) < 4.78 is 0. The molecule has 0 aliphatic carbocycles. The molecule has 0 spiro atoms. The largest absolute Gasteiger partial charge is 0.260 e. The second kappa shape index (κ2) is 5.60. The lowest BCUT2D eigenvalue weighted by atomic mass is 10.3. The molecule has 0 bridgehead atoms. The van der Waals surface area contributed by atoms with Crippen molar-refractivity contribution in [3.8, 4) is 0 Å². The van der Waals surface area contributed by atoms with Gasteiger partial charge in [-0.05, 0) is 12.1 Å². The van der Waals surface area contributed by atoms with Crippen molar-refractivity contribution in [1.82, 2.24) is 4.98 Å². The number of hydrogen-bond donors (Lipinski definition) is 0. The molecule has 1 aromatic rings. The number of hydrogen-bond acceptors (Lipinski definition) is 2. The van der Waals surface area contributed by atoms with Crippen LogP contribution in [0.1, 0.15) is 5.69 Å². The average molecular weight is 191 g/mol. The molecule has 1 aromatic heterocycles. The summed E-state index contributed by atoms with van der Waals surface area (Å²) in [5.74, 6) is 0.933. The van der Waals surface area contributed by atoms with E-state index in [1.165, 1.54) is 4.90 Å². The molecule has 1 heterocycles. The topological polar surface area (TPSA) is 12.9 Å². The first kappa shape index (κ1) is 10.1. The fourth-order valence-corrected chi connectivity index (χ4v) is 1.52. The van der Waals surface area contributed by atoms with E-state index in [-0.39, 0.29) is 0 Å². The zero-order valence-electron chi connectivity index (χ0n) is 7.57. The molecule has 0 amide bonds. The third kappa shape index (κ3) is 3.47. The van der Waals surface area contributed by atoms with Gasteiger partial charge in [-0.1, -0.05) is 12.2 Å². The summed E-state index contributed by atoms with van der Waals surface area (Å²) in [4.78, 5) is 5.48. The maximum atomic E-state index is 4.29. The van der Waals surface area contributed by atoms with Gasteiger partial charge in [-0.2, -0.15) is 0 Å². The lowest BCUT2D eigenvalue weighted by Crippen LogP contribution is -1.86. The molecular weight excluding hydrogens is 178 g/mol. The fraction of sp³-hybridized carbons (Fsp3) is 0.182. The Morgan fingerprint density at radius 3 is 2.69 bits per heavy atom. The van der Waals surface area contributed by atoms with Crippen LogP contribution in [0, 0.1) is 0 Å². The number of aromatic nitrogens is 1. The Balaban J connectivity index is 2.58. The first-order valence-electron chi connectivity index (χ1n) is 4.16. The van der Waals surface area contributed by atoms with Crippen molar-refractivity contribution in [1.29, 1.82) is 0 Å². The molecule has 0 aliphatic rings. The van der Waals surface area contributed by atoms with Gasteiger partial charge in [0, 0.05) is 29.0 Å². The Kier molecular flexibility index (Phi) is 4.33. The van der Waals surface area contributed by atoms with Crippen LogP contribution in [0.4, 0.5) is 0 Å². The Morgan fingerprint density at radius 2 is 2.15 bits per heavy atom. The summed E-state index contributed by atoms with van der Waals surface area (Å²) in [6.07, 6.45) is 6.49. The van der Waals surface area contributed by atoms with Crippen LogP contribution in [0.25, 0.3) is 0 Å².